The Morgan fingerprint density at radius 3 is 2.85 bits per heavy atom. The Kier molecular flexibility index (Phi) is 5.21. The third-order valence-electron chi connectivity index (χ3n) is 5.36. The van der Waals surface area contributed by atoms with Gasteiger partial charge in [-0.05, 0) is 25.6 Å². The van der Waals surface area contributed by atoms with Gasteiger partial charge in [-0.1, -0.05) is 43.6 Å². The molecule has 1 unspecified atom stereocenters. The summed E-state index contributed by atoms with van der Waals surface area (Å²) in [6, 6.07) is 8.11. The second-order valence-corrected chi connectivity index (χ2v) is 8.04. The number of hydrogen-bond acceptors (Lipinski definition) is 4. The maximum atomic E-state index is 13.1. The lowest BCUT2D eigenvalue weighted by atomic mass is 10.2. The second kappa shape index (κ2) is 7.62. The average Bonchev–Trinajstić information content (AvgIpc) is 3.38. The molecule has 1 saturated heterocycles. The summed E-state index contributed by atoms with van der Waals surface area (Å²) in [7, 11) is 0. The first-order valence-electron chi connectivity index (χ1n) is 9.37. The fourth-order valence-electron chi connectivity index (χ4n) is 3.86. The maximum absolute atomic E-state index is 13.1. The van der Waals surface area contributed by atoms with Crippen LogP contribution in [0, 0.1) is 0 Å². The summed E-state index contributed by atoms with van der Waals surface area (Å²) in [5.41, 5.74) is 2.36. The van der Waals surface area contributed by atoms with Gasteiger partial charge in [0.1, 0.15) is 5.69 Å². The molecule has 1 aromatic carbocycles. The molecule has 3 heterocycles. The number of aromatic nitrogens is 2. The molecular weight excluding hydrogens is 380 g/mol. The van der Waals surface area contributed by atoms with Gasteiger partial charge in [0.15, 0.2) is 4.96 Å². The van der Waals surface area contributed by atoms with Crippen molar-refractivity contribution in [1.29, 1.82) is 0 Å². The number of benzene rings is 1. The minimum Gasteiger partial charge on any atom is -0.336 e. The molecule has 1 aliphatic heterocycles. The first-order chi connectivity index (χ1) is 13.1. The Hall–Kier alpha value is -1.89. The van der Waals surface area contributed by atoms with Gasteiger partial charge < -0.3 is 4.90 Å². The molecule has 0 aliphatic carbocycles. The number of likely N-dealkylation sites (tertiary alicyclic amines) is 1. The molecule has 1 aliphatic rings. The van der Waals surface area contributed by atoms with Crippen LogP contribution in [0.1, 0.15) is 30.8 Å². The van der Waals surface area contributed by atoms with Crippen LogP contribution in [0.3, 0.4) is 0 Å². The zero-order valence-corrected chi connectivity index (χ0v) is 17.1. The summed E-state index contributed by atoms with van der Waals surface area (Å²) >= 11 is 7.80. The summed E-state index contributed by atoms with van der Waals surface area (Å²) in [6.07, 6.45) is 2.95. The van der Waals surface area contributed by atoms with Gasteiger partial charge in [-0.25, -0.2) is 4.98 Å². The van der Waals surface area contributed by atoms with Crippen LogP contribution < -0.4 is 0 Å². The van der Waals surface area contributed by atoms with Crippen LogP contribution in [0.4, 0.5) is 0 Å². The predicted octanol–water partition coefficient (Wildman–Crippen LogP) is 4.27. The van der Waals surface area contributed by atoms with Crippen molar-refractivity contribution < 1.29 is 4.79 Å². The molecule has 1 atom stereocenters. The Morgan fingerprint density at radius 2 is 2.11 bits per heavy atom. The third-order valence-corrected chi connectivity index (χ3v) is 6.53. The van der Waals surface area contributed by atoms with Crippen molar-refractivity contribution in [3.63, 3.8) is 0 Å². The summed E-state index contributed by atoms with van der Waals surface area (Å²) < 4.78 is 1.90. The highest BCUT2D eigenvalue weighted by atomic mass is 35.5. The van der Waals surface area contributed by atoms with E-state index >= 15 is 0 Å². The Bertz CT molecular complexity index is 962. The summed E-state index contributed by atoms with van der Waals surface area (Å²) in [5.74, 6) is 0.0824. The van der Waals surface area contributed by atoms with E-state index in [0.717, 1.165) is 48.8 Å². The number of amides is 1. The zero-order valence-electron chi connectivity index (χ0n) is 15.6. The van der Waals surface area contributed by atoms with Gasteiger partial charge in [-0.2, -0.15) is 0 Å². The van der Waals surface area contributed by atoms with Crippen LogP contribution in [0.15, 0.2) is 35.8 Å². The van der Waals surface area contributed by atoms with Gasteiger partial charge >= 0.3 is 0 Å². The van der Waals surface area contributed by atoms with Crippen LogP contribution in [0.25, 0.3) is 16.2 Å². The van der Waals surface area contributed by atoms with E-state index in [2.05, 4.69) is 23.7 Å². The summed E-state index contributed by atoms with van der Waals surface area (Å²) in [5, 5.41) is 2.57. The lowest BCUT2D eigenvalue weighted by molar-refractivity contribution is 0.0771. The van der Waals surface area contributed by atoms with Crippen LogP contribution in [-0.4, -0.2) is 57.3 Å². The fraction of sp³-hybridized carbons (Fsp3) is 0.400. The number of fused-ring (bicyclic) bond motifs is 1. The fourth-order valence-corrected chi connectivity index (χ4v) is 4.94. The molecule has 7 heteroatoms. The summed E-state index contributed by atoms with van der Waals surface area (Å²) in [6.45, 7) is 8.01. The molecule has 0 spiro atoms. The molecule has 0 radical (unpaired) electrons. The first kappa shape index (κ1) is 18.5. The van der Waals surface area contributed by atoms with E-state index in [-0.39, 0.29) is 5.91 Å². The SMILES string of the molecule is CCN(CC)C1CCN(C(=O)c2csc3nc(-c4ccccc4Cl)cn23)C1. The number of carbonyl (C=O) groups excluding carboxylic acids is 1. The van der Waals surface area contributed by atoms with Crippen molar-refractivity contribution in [2.45, 2.75) is 26.3 Å². The van der Waals surface area contributed by atoms with E-state index in [1.54, 1.807) is 0 Å². The van der Waals surface area contributed by atoms with E-state index in [9.17, 15) is 4.79 Å². The maximum Gasteiger partial charge on any atom is 0.271 e. The molecule has 2 aromatic heterocycles. The molecule has 142 valence electrons. The second-order valence-electron chi connectivity index (χ2n) is 6.79. The number of likely N-dealkylation sites (N-methyl/N-ethyl adjacent to an activating group) is 1. The summed E-state index contributed by atoms with van der Waals surface area (Å²) in [4.78, 5) is 23.0. The van der Waals surface area contributed by atoms with Gasteiger partial charge in [0.05, 0.1) is 10.7 Å². The molecular formula is C20H23ClN4OS. The molecule has 5 nitrogen and oxygen atoms in total. The minimum absolute atomic E-state index is 0.0824. The van der Waals surface area contributed by atoms with Crippen LogP contribution in [-0.2, 0) is 0 Å². The van der Waals surface area contributed by atoms with Gasteiger partial charge in [0.25, 0.3) is 5.91 Å². The lowest BCUT2D eigenvalue weighted by Gasteiger charge is -2.26. The molecule has 0 saturated carbocycles. The number of thiazole rings is 1. The van der Waals surface area contributed by atoms with Crippen molar-refractivity contribution in [2.24, 2.45) is 0 Å². The van der Waals surface area contributed by atoms with Crippen molar-refractivity contribution in [3.8, 4) is 11.3 Å². The monoisotopic (exact) mass is 402 g/mol. The quantitative estimate of drug-likeness (QED) is 0.639. The lowest BCUT2D eigenvalue weighted by Crippen LogP contribution is -2.38. The molecule has 0 N–H and O–H groups in total. The topological polar surface area (TPSA) is 40.8 Å². The van der Waals surface area contributed by atoms with E-state index < -0.39 is 0 Å². The molecule has 1 fully saturated rings. The number of halogens is 1. The van der Waals surface area contributed by atoms with Crippen molar-refractivity contribution in [2.75, 3.05) is 26.2 Å². The molecule has 4 rings (SSSR count). The van der Waals surface area contributed by atoms with Crippen molar-refractivity contribution >= 4 is 33.8 Å². The van der Waals surface area contributed by atoms with Gasteiger partial charge in [-0.15, -0.1) is 11.3 Å². The minimum atomic E-state index is 0.0824. The van der Waals surface area contributed by atoms with Gasteiger partial charge in [0, 0.05) is 36.3 Å². The molecule has 3 aromatic rings. The number of imidazole rings is 1. The Morgan fingerprint density at radius 1 is 1.33 bits per heavy atom. The zero-order chi connectivity index (χ0) is 19.0. The normalized spacial score (nSPS) is 17.3. The van der Waals surface area contributed by atoms with Crippen molar-refractivity contribution in [1.82, 2.24) is 19.2 Å². The molecule has 0 bridgehead atoms. The molecule has 27 heavy (non-hydrogen) atoms. The molecule has 1 amide bonds. The predicted molar refractivity (Wildman–Crippen MR) is 111 cm³/mol. The van der Waals surface area contributed by atoms with Gasteiger partial charge in [-0.3, -0.25) is 14.1 Å². The average molecular weight is 403 g/mol. The van der Waals surface area contributed by atoms with Crippen LogP contribution in [0.2, 0.25) is 5.02 Å². The van der Waals surface area contributed by atoms with Gasteiger partial charge in [0.2, 0.25) is 0 Å². The van der Waals surface area contributed by atoms with E-state index in [1.165, 1.54) is 11.3 Å². The third kappa shape index (κ3) is 3.37. The van der Waals surface area contributed by atoms with Crippen molar-refractivity contribution in [3.05, 3.63) is 46.6 Å². The van der Waals surface area contributed by atoms with Crippen LogP contribution >= 0.6 is 22.9 Å². The Balaban J connectivity index is 1.59. The standard InChI is InChI=1S/C20H23ClN4OS/c1-3-23(4-2)14-9-10-24(11-14)19(26)18-13-27-20-22-17(12-25(18)20)15-7-5-6-8-16(15)21/h5-8,12-14H,3-4,9-11H2,1-2H3. The smallest absolute Gasteiger partial charge is 0.271 e. The van der Waals surface area contributed by atoms with Crippen LogP contribution in [0.5, 0.6) is 0 Å². The van der Waals surface area contributed by atoms with E-state index in [0.29, 0.717) is 16.8 Å². The first-order valence-corrected chi connectivity index (χ1v) is 10.6. The van der Waals surface area contributed by atoms with E-state index in [4.69, 9.17) is 11.6 Å². The largest absolute Gasteiger partial charge is 0.336 e. The number of nitrogens with zero attached hydrogens (tertiary/aromatic N) is 4. The van der Waals surface area contributed by atoms with E-state index in [1.807, 2.05) is 45.1 Å². The highest BCUT2D eigenvalue weighted by molar-refractivity contribution is 7.15. The highest BCUT2D eigenvalue weighted by Gasteiger charge is 2.31. The number of hydrogen-bond donors (Lipinski definition) is 0. The Labute approximate surface area is 168 Å². The highest BCUT2D eigenvalue weighted by Crippen LogP contribution is 2.29. The number of carbonyl (C=O) groups is 1. The number of rotatable bonds is 5.